The minimum absolute atomic E-state index is 0.102. The monoisotopic (exact) mass is 234 g/mol. The van der Waals surface area contributed by atoms with Crippen LogP contribution in [-0.2, 0) is 4.74 Å². The van der Waals surface area contributed by atoms with Gasteiger partial charge in [-0.1, -0.05) is 19.1 Å². The summed E-state index contributed by atoms with van der Waals surface area (Å²) in [5.74, 6) is -0.392. The maximum atomic E-state index is 11.0. The van der Waals surface area contributed by atoms with E-state index in [2.05, 4.69) is 11.8 Å². The molecule has 1 heterocycles. The lowest BCUT2D eigenvalue weighted by molar-refractivity contribution is -0.0281. The van der Waals surface area contributed by atoms with Crippen molar-refractivity contribution in [2.24, 2.45) is 5.73 Å². The Kier molecular flexibility index (Phi) is 3.76. The number of nitrogens with two attached hydrogens (primary N) is 1. The lowest BCUT2D eigenvalue weighted by Crippen LogP contribution is -2.38. The van der Waals surface area contributed by atoms with Gasteiger partial charge in [-0.15, -0.1) is 0 Å². The number of amides is 1. The summed E-state index contributed by atoms with van der Waals surface area (Å²) in [7, 11) is 0. The van der Waals surface area contributed by atoms with Crippen LogP contribution in [0.5, 0.6) is 0 Å². The van der Waals surface area contributed by atoms with Gasteiger partial charge < -0.3 is 10.5 Å². The highest BCUT2D eigenvalue weighted by molar-refractivity contribution is 5.92. The first kappa shape index (κ1) is 12.1. The fourth-order valence-corrected chi connectivity index (χ4v) is 2.05. The van der Waals surface area contributed by atoms with Crippen molar-refractivity contribution in [3.8, 4) is 0 Å². The van der Waals surface area contributed by atoms with Crippen LogP contribution < -0.4 is 5.73 Å². The molecule has 0 saturated carbocycles. The largest absolute Gasteiger partial charge is 0.371 e. The molecule has 1 atom stereocenters. The van der Waals surface area contributed by atoms with Gasteiger partial charge in [0.2, 0.25) is 5.91 Å². The number of morpholine rings is 1. The Morgan fingerprint density at radius 1 is 1.47 bits per heavy atom. The topological polar surface area (TPSA) is 55.6 Å². The van der Waals surface area contributed by atoms with Crippen molar-refractivity contribution in [3.05, 3.63) is 35.4 Å². The second-order valence-corrected chi connectivity index (χ2v) is 4.24. The quantitative estimate of drug-likeness (QED) is 0.854. The molecular formula is C13H18N2O2. The third kappa shape index (κ3) is 2.84. The van der Waals surface area contributed by atoms with Crippen LogP contribution in [0.25, 0.3) is 0 Å². The molecule has 1 aliphatic heterocycles. The second kappa shape index (κ2) is 5.29. The molecule has 92 valence electrons. The zero-order valence-electron chi connectivity index (χ0n) is 10.1. The van der Waals surface area contributed by atoms with Crippen LogP contribution in [0.2, 0.25) is 0 Å². The molecule has 0 aromatic heterocycles. The maximum absolute atomic E-state index is 11.0. The van der Waals surface area contributed by atoms with E-state index < -0.39 is 5.91 Å². The summed E-state index contributed by atoms with van der Waals surface area (Å²) < 4.78 is 5.74. The van der Waals surface area contributed by atoms with E-state index in [1.165, 1.54) is 0 Å². The van der Waals surface area contributed by atoms with Crippen molar-refractivity contribution >= 4 is 5.91 Å². The van der Waals surface area contributed by atoms with Crippen molar-refractivity contribution in [1.29, 1.82) is 0 Å². The van der Waals surface area contributed by atoms with Gasteiger partial charge in [0.25, 0.3) is 0 Å². The molecule has 2 N–H and O–H groups in total. The minimum atomic E-state index is -0.392. The minimum Gasteiger partial charge on any atom is -0.371 e. The van der Waals surface area contributed by atoms with E-state index in [1.54, 1.807) is 12.1 Å². The number of likely N-dealkylation sites (N-methyl/N-ethyl adjacent to an activating group) is 1. The molecule has 1 saturated heterocycles. The Balaban J connectivity index is 2.08. The Morgan fingerprint density at radius 3 is 2.76 bits per heavy atom. The Bertz CT molecular complexity index is 389. The predicted molar refractivity (Wildman–Crippen MR) is 65.8 cm³/mol. The molecule has 17 heavy (non-hydrogen) atoms. The van der Waals surface area contributed by atoms with E-state index in [-0.39, 0.29) is 6.10 Å². The number of hydrogen-bond acceptors (Lipinski definition) is 3. The van der Waals surface area contributed by atoms with Gasteiger partial charge in [-0.2, -0.15) is 0 Å². The summed E-state index contributed by atoms with van der Waals surface area (Å²) in [6, 6.07) is 7.35. The van der Waals surface area contributed by atoms with E-state index in [9.17, 15) is 4.79 Å². The summed E-state index contributed by atoms with van der Waals surface area (Å²) in [5.41, 5.74) is 6.85. The molecule has 0 aliphatic carbocycles. The maximum Gasteiger partial charge on any atom is 0.248 e. The van der Waals surface area contributed by atoms with Gasteiger partial charge in [0.05, 0.1) is 12.7 Å². The van der Waals surface area contributed by atoms with E-state index in [0.29, 0.717) is 5.56 Å². The average molecular weight is 234 g/mol. The van der Waals surface area contributed by atoms with Crippen molar-refractivity contribution in [3.63, 3.8) is 0 Å². The van der Waals surface area contributed by atoms with Crippen LogP contribution >= 0.6 is 0 Å². The molecule has 1 unspecified atom stereocenters. The zero-order chi connectivity index (χ0) is 12.3. The van der Waals surface area contributed by atoms with Gasteiger partial charge in [0.15, 0.2) is 0 Å². The highest BCUT2D eigenvalue weighted by Gasteiger charge is 2.20. The lowest BCUT2D eigenvalue weighted by Gasteiger charge is -2.32. The van der Waals surface area contributed by atoms with Crippen LogP contribution in [0.4, 0.5) is 0 Å². The molecule has 2 rings (SSSR count). The summed E-state index contributed by atoms with van der Waals surface area (Å²) in [6.07, 6.45) is 0.102. The Labute approximate surface area is 101 Å². The first-order valence-electron chi connectivity index (χ1n) is 5.94. The van der Waals surface area contributed by atoms with Crippen molar-refractivity contribution in [1.82, 2.24) is 4.90 Å². The van der Waals surface area contributed by atoms with Gasteiger partial charge >= 0.3 is 0 Å². The number of nitrogens with zero attached hydrogens (tertiary/aromatic N) is 1. The van der Waals surface area contributed by atoms with Crippen LogP contribution in [0.1, 0.15) is 28.9 Å². The Hall–Kier alpha value is -1.39. The van der Waals surface area contributed by atoms with Crippen molar-refractivity contribution in [2.45, 2.75) is 13.0 Å². The highest BCUT2D eigenvalue weighted by atomic mass is 16.5. The molecular weight excluding hydrogens is 216 g/mol. The second-order valence-electron chi connectivity index (χ2n) is 4.24. The van der Waals surface area contributed by atoms with Crippen LogP contribution in [-0.4, -0.2) is 37.0 Å². The summed E-state index contributed by atoms with van der Waals surface area (Å²) >= 11 is 0. The third-order valence-corrected chi connectivity index (χ3v) is 3.16. The number of hydrogen-bond donors (Lipinski definition) is 1. The SMILES string of the molecule is CCN1CCOC(c2ccc(C(N)=O)cc2)C1. The number of rotatable bonds is 3. The number of carbonyl (C=O) groups excluding carboxylic acids is 1. The molecule has 0 radical (unpaired) electrons. The molecule has 1 aliphatic rings. The van der Waals surface area contributed by atoms with Crippen molar-refractivity contribution in [2.75, 3.05) is 26.2 Å². The van der Waals surface area contributed by atoms with Gasteiger partial charge in [0, 0.05) is 18.7 Å². The molecule has 4 heteroatoms. The third-order valence-electron chi connectivity index (χ3n) is 3.16. The molecule has 4 nitrogen and oxygen atoms in total. The first-order valence-corrected chi connectivity index (χ1v) is 5.94. The highest BCUT2D eigenvalue weighted by Crippen LogP contribution is 2.22. The lowest BCUT2D eigenvalue weighted by atomic mass is 10.1. The number of ether oxygens (including phenoxy) is 1. The molecule has 1 aromatic rings. The van der Waals surface area contributed by atoms with E-state index in [4.69, 9.17) is 10.5 Å². The fourth-order valence-electron chi connectivity index (χ4n) is 2.05. The summed E-state index contributed by atoms with van der Waals surface area (Å²) in [5, 5.41) is 0. The van der Waals surface area contributed by atoms with E-state index >= 15 is 0 Å². The standard InChI is InChI=1S/C13H18N2O2/c1-2-15-7-8-17-12(9-15)10-3-5-11(6-4-10)13(14)16/h3-6,12H,2,7-9H2,1H3,(H2,14,16). The number of benzene rings is 1. The van der Waals surface area contributed by atoms with Gasteiger partial charge in [-0.05, 0) is 24.2 Å². The van der Waals surface area contributed by atoms with E-state index in [1.807, 2.05) is 12.1 Å². The summed E-state index contributed by atoms with van der Waals surface area (Å²) in [6.45, 7) is 5.85. The molecule has 0 spiro atoms. The number of carbonyl (C=O) groups is 1. The smallest absolute Gasteiger partial charge is 0.248 e. The van der Waals surface area contributed by atoms with Crippen LogP contribution in [0, 0.1) is 0 Å². The zero-order valence-corrected chi connectivity index (χ0v) is 10.1. The molecule has 1 aromatic carbocycles. The Morgan fingerprint density at radius 2 is 2.18 bits per heavy atom. The normalized spacial score (nSPS) is 21.4. The molecule has 0 bridgehead atoms. The van der Waals surface area contributed by atoms with Gasteiger partial charge in [0.1, 0.15) is 0 Å². The van der Waals surface area contributed by atoms with E-state index in [0.717, 1.165) is 31.8 Å². The fraction of sp³-hybridized carbons (Fsp3) is 0.462. The van der Waals surface area contributed by atoms with Gasteiger partial charge in [-0.25, -0.2) is 0 Å². The average Bonchev–Trinajstić information content (AvgIpc) is 2.39. The van der Waals surface area contributed by atoms with Crippen LogP contribution in [0.15, 0.2) is 24.3 Å². The number of primary amides is 1. The first-order chi connectivity index (χ1) is 8.20. The van der Waals surface area contributed by atoms with Crippen LogP contribution in [0.3, 0.4) is 0 Å². The molecule has 1 amide bonds. The predicted octanol–water partition coefficient (Wildman–Crippen LogP) is 1.18. The van der Waals surface area contributed by atoms with Gasteiger partial charge in [-0.3, -0.25) is 9.69 Å². The molecule has 1 fully saturated rings. The summed E-state index contributed by atoms with van der Waals surface area (Å²) in [4.78, 5) is 13.3. The van der Waals surface area contributed by atoms with Crippen molar-refractivity contribution < 1.29 is 9.53 Å².